The van der Waals surface area contributed by atoms with Crippen molar-refractivity contribution < 1.29 is 9.47 Å². The van der Waals surface area contributed by atoms with E-state index in [1.54, 1.807) is 26.6 Å². The van der Waals surface area contributed by atoms with E-state index in [1.807, 2.05) is 6.07 Å². The Bertz CT molecular complexity index is 1050. The first-order chi connectivity index (χ1) is 15.7. The predicted molar refractivity (Wildman–Crippen MR) is 123 cm³/mol. The molecule has 2 aliphatic heterocycles. The molecule has 0 amide bonds. The lowest BCUT2D eigenvalue weighted by Gasteiger charge is -2.41. The summed E-state index contributed by atoms with van der Waals surface area (Å²) < 4.78 is 13.1. The summed E-state index contributed by atoms with van der Waals surface area (Å²) in [6.45, 7) is 5.20. The lowest BCUT2D eigenvalue weighted by molar-refractivity contribution is 0.0828. The van der Waals surface area contributed by atoms with Crippen LogP contribution in [0.2, 0.25) is 0 Å². The summed E-state index contributed by atoms with van der Waals surface area (Å²) >= 11 is 0. The van der Waals surface area contributed by atoms with Gasteiger partial charge in [0.25, 0.3) is 0 Å². The van der Waals surface area contributed by atoms with Gasteiger partial charge in [-0.15, -0.1) is 0 Å². The van der Waals surface area contributed by atoms with E-state index in [4.69, 9.17) is 9.47 Å². The number of rotatable bonds is 6. The molecule has 1 fully saturated rings. The molecule has 1 aromatic carbocycles. The Morgan fingerprint density at radius 3 is 2.56 bits per heavy atom. The smallest absolute Gasteiger partial charge is 0.233 e. The van der Waals surface area contributed by atoms with E-state index < -0.39 is 0 Å². The average Bonchev–Trinajstić information content (AvgIpc) is 3.31. The van der Waals surface area contributed by atoms with Crippen LogP contribution in [0.3, 0.4) is 0 Å². The molecular formula is C25H31N5O2. The van der Waals surface area contributed by atoms with Crippen molar-refractivity contribution in [1.29, 1.82) is 0 Å². The van der Waals surface area contributed by atoms with Crippen molar-refractivity contribution in [2.75, 3.05) is 33.9 Å². The fraction of sp³-hybridized carbons (Fsp3) is 0.440. The summed E-state index contributed by atoms with van der Waals surface area (Å²) in [5.74, 6) is 2.38. The average molecular weight is 434 g/mol. The number of hydrogen-bond donors (Lipinski definition) is 0. The van der Waals surface area contributed by atoms with E-state index in [0.717, 1.165) is 56.6 Å². The van der Waals surface area contributed by atoms with E-state index >= 15 is 0 Å². The molecule has 0 aliphatic carbocycles. The van der Waals surface area contributed by atoms with Crippen LogP contribution in [-0.4, -0.2) is 64.2 Å². The molecule has 32 heavy (non-hydrogen) atoms. The van der Waals surface area contributed by atoms with Gasteiger partial charge in [-0.3, -0.25) is 14.4 Å². The second kappa shape index (κ2) is 9.30. The normalized spacial score (nSPS) is 19.5. The summed E-state index contributed by atoms with van der Waals surface area (Å²) in [6, 6.07) is 11.0. The van der Waals surface area contributed by atoms with Gasteiger partial charge in [0.05, 0.1) is 14.2 Å². The third kappa shape index (κ3) is 4.23. The molecule has 7 heteroatoms. The Labute approximate surface area is 189 Å². The van der Waals surface area contributed by atoms with E-state index in [0.29, 0.717) is 6.04 Å². The quantitative estimate of drug-likeness (QED) is 0.595. The molecule has 3 aromatic rings. The number of aromatic nitrogens is 3. The highest BCUT2D eigenvalue weighted by atomic mass is 16.5. The Kier molecular flexibility index (Phi) is 6.10. The van der Waals surface area contributed by atoms with Crippen molar-refractivity contribution in [2.45, 2.75) is 38.4 Å². The fourth-order valence-electron chi connectivity index (χ4n) is 5.07. The predicted octanol–water partition coefficient (Wildman–Crippen LogP) is 3.31. The summed E-state index contributed by atoms with van der Waals surface area (Å²) in [4.78, 5) is 14.1. The van der Waals surface area contributed by atoms with Crippen LogP contribution in [0.4, 0.5) is 0 Å². The third-order valence-electron chi connectivity index (χ3n) is 6.73. The number of ether oxygens (including phenoxy) is 2. The molecule has 5 rings (SSSR count). The second-order valence-electron chi connectivity index (χ2n) is 8.65. The van der Waals surface area contributed by atoms with Gasteiger partial charge in [-0.05, 0) is 67.3 Å². The Morgan fingerprint density at radius 2 is 1.78 bits per heavy atom. The van der Waals surface area contributed by atoms with Gasteiger partial charge in [0.1, 0.15) is 0 Å². The van der Waals surface area contributed by atoms with Crippen LogP contribution in [0.15, 0.2) is 48.9 Å². The van der Waals surface area contributed by atoms with Gasteiger partial charge < -0.3 is 9.47 Å². The van der Waals surface area contributed by atoms with Gasteiger partial charge in [0.2, 0.25) is 5.95 Å². The number of benzene rings is 1. The van der Waals surface area contributed by atoms with Crippen LogP contribution in [-0.2, 0) is 19.5 Å². The molecule has 0 spiro atoms. The van der Waals surface area contributed by atoms with Gasteiger partial charge in [-0.2, -0.15) is 0 Å². The van der Waals surface area contributed by atoms with E-state index in [9.17, 15) is 0 Å². The number of hydrogen-bond acceptors (Lipinski definition) is 6. The van der Waals surface area contributed by atoms with Crippen LogP contribution in [0.25, 0.3) is 5.95 Å². The zero-order valence-electron chi connectivity index (χ0n) is 18.9. The number of methoxy groups -OCH3 is 2. The highest BCUT2D eigenvalue weighted by Crippen LogP contribution is 2.34. The number of piperidine rings is 1. The maximum Gasteiger partial charge on any atom is 0.233 e. The number of fused-ring (bicyclic) bond motifs is 1. The zero-order chi connectivity index (χ0) is 21.9. The highest BCUT2D eigenvalue weighted by Gasteiger charge is 2.29. The fourth-order valence-corrected chi connectivity index (χ4v) is 5.07. The molecule has 1 saturated heterocycles. The van der Waals surface area contributed by atoms with Gasteiger partial charge in [-0.1, -0.05) is 0 Å². The minimum absolute atomic E-state index is 0.571. The molecule has 2 aromatic heterocycles. The highest BCUT2D eigenvalue weighted by molar-refractivity contribution is 5.48. The topological polar surface area (TPSA) is 55.7 Å². The van der Waals surface area contributed by atoms with Gasteiger partial charge >= 0.3 is 0 Å². The molecule has 1 unspecified atom stereocenters. The summed E-state index contributed by atoms with van der Waals surface area (Å²) in [5, 5.41) is 0. The number of nitrogens with zero attached hydrogens (tertiary/aromatic N) is 5. The van der Waals surface area contributed by atoms with Gasteiger partial charge in [-0.25, -0.2) is 9.97 Å². The van der Waals surface area contributed by atoms with Crippen molar-refractivity contribution in [3.05, 3.63) is 65.7 Å². The first-order valence-corrected chi connectivity index (χ1v) is 11.4. The molecule has 0 saturated carbocycles. The van der Waals surface area contributed by atoms with E-state index in [1.165, 1.54) is 29.7 Å². The standard InChI is InChI=1S/C25H31N5O2/c1-31-23-14-19-8-13-29(16-20(19)15-24(23)32-2)21-6-3-11-28(17-21)18-22-7-4-12-30(22)25-26-9-5-10-27-25/h4-5,7,9-10,12,14-15,21H,3,6,8,11,13,16-18H2,1-2H3. The molecule has 7 nitrogen and oxygen atoms in total. The molecule has 168 valence electrons. The van der Waals surface area contributed by atoms with Crippen molar-refractivity contribution >= 4 is 0 Å². The van der Waals surface area contributed by atoms with Gasteiger partial charge in [0, 0.05) is 56.5 Å². The zero-order valence-corrected chi connectivity index (χ0v) is 18.9. The minimum atomic E-state index is 0.571. The van der Waals surface area contributed by atoms with Gasteiger partial charge in [0.15, 0.2) is 11.5 Å². The molecular weight excluding hydrogens is 402 g/mol. The Balaban J connectivity index is 1.27. The molecule has 4 heterocycles. The molecule has 0 bridgehead atoms. The van der Waals surface area contributed by atoms with E-state index in [-0.39, 0.29) is 0 Å². The van der Waals surface area contributed by atoms with Crippen molar-refractivity contribution in [2.24, 2.45) is 0 Å². The van der Waals surface area contributed by atoms with E-state index in [2.05, 4.69) is 54.8 Å². The molecule has 2 aliphatic rings. The summed E-state index contributed by atoms with van der Waals surface area (Å²) in [7, 11) is 3.41. The first kappa shape index (κ1) is 21.0. The first-order valence-electron chi connectivity index (χ1n) is 11.4. The van der Waals surface area contributed by atoms with Crippen LogP contribution < -0.4 is 9.47 Å². The summed E-state index contributed by atoms with van der Waals surface area (Å²) in [6.07, 6.45) is 9.17. The summed E-state index contributed by atoms with van der Waals surface area (Å²) in [5.41, 5.74) is 3.98. The second-order valence-corrected chi connectivity index (χ2v) is 8.65. The monoisotopic (exact) mass is 433 g/mol. The van der Waals surface area contributed by atoms with Crippen molar-refractivity contribution in [1.82, 2.24) is 24.3 Å². The van der Waals surface area contributed by atoms with Crippen LogP contribution in [0.1, 0.15) is 29.7 Å². The molecule has 0 radical (unpaired) electrons. The van der Waals surface area contributed by atoms with Crippen LogP contribution in [0, 0.1) is 0 Å². The third-order valence-corrected chi connectivity index (χ3v) is 6.73. The molecule has 0 N–H and O–H groups in total. The van der Waals surface area contributed by atoms with Crippen molar-refractivity contribution in [3.8, 4) is 17.4 Å². The molecule has 1 atom stereocenters. The minimum Gasteiger partial charge on any atom is -0.493 e. The lowest BCUT2D eigenvalue weighted by atomic mass is 9.95. The Morgan fingerprint density at radius 1 is 1.00 bits per heavy atom. The van der Waals surface area contributed by atoms with Crippen molar-refractivity contribution in [3.63, 3.8) is 0 Å². The number of likely N-dealkylation sites (tertiary alicyclic amines) is 1. The SMILES string of the molecule is COc1cc2c(cc1OC)CN(C1CCCN(Cc3cccn3-c3ncccn3)C1)CC2. The maximum atomic E-state index is 5.54. The van der Waals surface area contributed by atoms with Crippen LogP contribution in [0.5, 0.6) is 11.5 Å². The van der Waals surface area contributed by atoms with Crippen LogP contribution >= 0.6 is 0 Å². The Hall–Kier alpha value is -2.90. The lowest BCUT2D eigenvalue weighted by Crippen LogP contribution is -2.49. The maximum absolute atomic E-state index is 5.54. The largest absolute Gasteiger partial charge is 0.493 e.